The third-order valence-corrected chi connectivity index (χ3v) is 7.81. The number of ether oxygens (including phenoxy) is 1. The molecule has 1 unspecified atom stereocenters. The summed E-state index contributed by atoms with van der Waals surface area (Å²) in [6.07, 6.45) is 0.844. The second-order valence-electron chi connectivity index (χ2n) is 7.32. The number of rotatable bonds is 7. The van der Waals surface area contributed by atoms with Crippen LogP contribution in [0.4, 0.5) is 10.8 Å². The first kappa shape index (κ1) is 22.8. The summed E-state index contributed by atoms with van der Waals surface area (Å²) in [7, 11) is -3.79. The zero-order valence-electron chi connectivity index (χ0n) is 16.9. The van der Waals surface area contributed by atoms with Crippen molar-refractivity contribution in [2.75, 3.05) is 16.6 Å². The van der Waals surface area contributed by atoms with E-state index in [1.54, 1.807) is 42.6 Å². The molecule has 3 aromatic rings. The van der Waals surface area contributed by atoms with E-state index in [-0.39, 0.29) is 23.3 Å². The van der Waals surface area contributed by atoms with E-state index >= 15 is 0 Å². The molecule has 0 aliphatic carbocycles. The molecular formula is C21H19Cl2N3O4S2. The van der Waals surface area contributed by atoms with Crippen LogP contribution < -0.4 is 14.8 Å². The minimum absolute atomic E-state index is 0.114. The van der Waals surface area contributed by atoms with Crippen molar-refractivity contribution in [3.8, 4) is 5.75 Å². The molecule has 1 amide bonds. The van der Waals surface area contributed by atoms with Gasteiger partial charge in [0, 0.05) is 22.0 Å². The lowest BCUT2D eigenvalue weighted by molar-refractivity contribution is -0.120. The van der Waals surface area contributed by atoms with Gasteiger partial charge in [-0.3, -0.25) is 9.52 Å². The van der Waals surface area contributed by atoms with Crippen molar-refractivity contribution in [3.05, 3.63) is 63.1 Å². The maximum absolute atomic E-state index is 12.8. The Balaban J connectivity index is 1.44. The molecule has 2 aromatic carbocycles. The van der Waals surface area contributed by atoms with Gasteiger partial charge in [-0.05, 0) is 61.7 Å². The first-order valence-electron chi connectivity index (χ1n) is 9.68. The molecule has 0 radical (unpaired) electrons. The molecule has 7 nitrogen and oxygen atoms in total. The maximum Gasteiger partial charge on any atom is 0.263 e. The molecule has 1 atom stereocenters. The number of hydrogen-bond donors (Lipinski definition) is 2. The molecule has 0 saturated carbocycles. The van der Waals surface area contributed by atoms with Gasteiger partial charge in [0.2, 0.25) is 5.91 Å². The number of aryl methyl sites for hydroxylation is 1. The van der Waals surface area contributed by atoms with Crippen LogP contribution in [-0.2, 0) is 21.2 Å². The number of nitrogens with zero attached hydrogens (tertiary/aromatic N) is 1. The molecule has 11 heteroatoms. The number of halogens is 2. The Kier molecular flexibility index (Phi) is 6.62. The van der Waals surface area contributed by atoms with E-state index in [4.69, 9.17) is 27.9 Å². The van der Waals surface area contributed by atoms with Gasteiger partial charge in [0.05, 0.1) is 22.2 Å². The van der Waals surface area contributed by atoms with Gasteiger partial charge in [0.1, 0.15) is 5.75 Å². The molecule has 168 valence electrons. The highest BCUT2D eigenvalue weighted by Crippen LogP contribution is 2.31. The summed E-state index contributed by atoms with van der Waals surface area (Å²) >= 11 is 13.2. The van der Waals surface area contributed by atoms with Crippen LogP contribution in [0.15, 0.2) is 46.7 Å². The fourth-order valence-corrected chi connectivity index (χ4v) is 5.79. The number of anilines is 2. The smallest absolute Gasteiger partial charge is 0.263 e. The summed E-state index contributed by atoms with van der Waals surface area (Å²) in [5.74, 6) is 0.000888. The molecule has 32 heavy (non-hydrogen) atoms. The molecule has 0 spiro atoms. The minimum Gasteiger partial charge on any atom is -0.492 e. The van der Waals surface area contributed by atoms with Gasteiger partial charge in [0.15, 0.2) is 5.13 Å². The molecular weight excluding hydrogens is 493 g/mol. The molecule has 2 N–H and O–H groups in total. The van der Waals surface area contributed by atoms with Crippen molar-refractivity contribution >= 4 is 61.3 Å². The maximum atomic E-state index is 12.8. The van der Waals surface area contributed by atoms with Crippen LogP contribution in [0.5, 0.6) is 5.75 Å². The second kappa shape index (κ2) is 9.27. The Bertz CT molecular complexity index is 1280. The van der Waals surface area contributed by atoms with Crippen LogP contribution >= 0.6 is 34.5 Å². The van der Waals surface area contributed by atoms with Crippen molar-refractivity contribution < 1.29 is 17.9 Å². The molecule has 0 saturated heterocycles. The summed E-state index contributed by atoms with van der Waals surface area (Å²) < 4.78 is 33.7. The summed E-state index contributed by atoms with van der Waals surface area (Å²) in [5.41, 5.74) is 2.10. The zero-order valence-corrected chi connectivity index (χ0v) is 20.0. The number of thiazole rings is 1. The van der Waals surface area contributed by atoms with Gasteiger partial charge in [-0.15, -0.1) is 11.3 Å². The van der Waals surface area contributed by atoms with Crippen LogP contribution in [0, 0.1) is 12.8 Å². The lowest BCUT2D eigenvalue weighted by Gasteiger charge is -2.25. The second-order valence-corrected chi connectivity index (χ2v) is 10.7. The topological polar surface area (TPSA) is 97.4 Å². The van der Waals surface area contributed by atoms with Crippen LogP contribution in [0.1, 0.15) is 17.7 Å². The van der Waals surface area contributed by atoms with E-state index in [0.717, 1.165) is 11.3 Å². The van der Waals surface area contributed by atoms with E-state index in [1.165, 1.54) is 17.4 Å². The van der Waals surface area contributed by atoms with Gasteiger partial charge in [-0.2, -0.15) is 0 Å². The monoisotopic (exact) mass is 511 g/mol. The normalized spacial score (nSPS) is 15.7. The fourth-order valence-electron chi connectivity index (χ4n) is 3.33. The van der Waals surface area contributed by atoms with Crippen LogP contribution in [-0.4, -0.2) is 25.9 Å². The Morgan fingerprint density at radius 2 is 2.06 bits per heavy atom. The predicted molar refractivity (Wildman–Crippen MR) is 126 cm³/mol. The van der Waals surface area contributed by atoms with Crippen molar-refractivity contribution in [1.29, 1.82) is 0 Å². The third-order valence-electron chi connectivity index (χ3n) is 4.94. The minimum atomic E-state index is -3.79. The summed E-state index contributed by atoms with van der Waals surface area (Å²) in [6, 6.07) is 9.60. The first-order valence-corrected chi connectivity index (χ1v) is 12.8. The molecule has 4 rings (SSSR count). The van der Waals surface area contributed by atoms with E-state index < -0.39 is 10.0 Å². The number of sulfonamides is 1. The number of fused-ring (bicyclic) bond motifs is 1. The molecule has 0 bridgehead atoms. The summed E-state index contributed by atoms with van der Waals surface area (Å²) in [6.45, 7) is 2.07. The van der Waals surface area contributed by atoms with Gasteiger partial charge in [-0.25, -0.2) is 13.4 Å². The van der Waals surface area contributed by atoms with E-state index in [0.29, 0.717) is 39.5 Å². The number of benzene rings is 2. The Morgan fingerprint density at radius 3 is 2.78 bits per heavy atom. The van der Waals surface area contributed by atoms with Crippen LogP contribution in [0.25, 0.3) is 0 Å². The van der Waals surface area contributed by atoms with E-state index in [1.807, 2.05) is 0 Å². The lowest BCUT2D eigenvalue weighted by atomic mass is 9.91. The Hall–Kier alpha value is -2.33. The SMILES string of the molecule is Cc1csc(NS(=O)(=O)c2ccc3c(c2)CC(CCOc2ccc(Cl)cc2Cl)C(=O)N3)n1. The number of carbonyl (C=O) groups is 1. The highest BCUT2D eigenvalue weighted by Gasteiger charge is 2.28. The molecule has 1 aromatic heterocycles. The van der Waals surface area contributed by atoms with Gasteiger partial charge < -0.3 is 10.1 Å². The molecule has 1 aliphatic heterocycles. The van der Waals surface area contributed by atoms with E-state index in [2.05, 4.69) is 15.0 Å². The van der Waals surface area contributed by atoms with Crippen molar-refractivity contribution in [3.63, 3.8) is 0 Å². The van der Waals surface area contributed by atoms with Gasteiger partial charge in [-0.1, -0.05) is 23.2 Å². The standard InChI is InChI=1S/C21H19Cl2N3O4S2/c1-12-11-31-21(24-12)26-32(28,29)16-3-4-18-14(9-16)8-13(20(27)25-18)6-7-30-19-5-2-15(22)10-17(19)23/h2-5,9-11,13H,6-8H2,1H3,(H,24,26)(H,25,27). The Morgan fingerprint density at radius 1 is 1.25 bits per heavy atom. The molecule has 1 aliphatic rings. The summed E-state index contributed by atoms with van der Waals surface area (Å²) in [4.78, 5) is 16.7. The number of nitrogens with one attached hydrogen (secondary N) is 2. The fraction of sp³-hybridized carbons (Fsp3) is 0.238. The van der Waals surface area contributed by atoms with E-state index in [9.17, 15) is 13.2 Å². The predicted octanol–water partition coefficient (Wildman–Crippen LogP) is 5.14. The lowest BCUT2D eigenvalue weighted by Crippen LogP contribution is -2.31. The quantitative estimate of drug-likeness (QED) is 0.457. The van der Waals surface area contributed by atoms with Gasteiger partial charge in [0.25, 0.3) is 10.0 Å². The van der Waals surface area contributed by atoms with Crippen molar-refractivity contribution in [2.45, 2.75) is 24.7 Å². The van der Waals surface area contributed by atoms with Gasteiger partial charge >= 0.3 is 0 Å². The zero-order chi connectivity index (χ0) is 22.9. The third kappa shape index (κ3) is 5.17. The Labute approximate surface area is 199 Å². The number of hydrogen-bond acceptors (Lipinski definition) is 6. The number of carbonyl (C=O) groups excluding carboxylic acids is 1. The largest absolute Gasteiger partial charge is 0.492 e. The number of amides is 1. The molecule has 2 heterocycles. The average Bonchev–Trinajstić information content (AvgIpc) is 3.13. The first-order chi connectivity index (χ1) is 15.2. The average molecular weight is 512 g/mol. The molecule has 0 fully saturated rings. The van der Waals surface area contributed by atoms with Crippen LogP contribution in [0.3, 0.4) is 0 Å². The highest BCUT2D eigenvalue weighted by molar-refractivity contribution is 7.93. The highest BCUT2D eigenvalue weighted by atomic mass is 35.5. The number of aromatic nitrogens is 1. The van der Waals surface area contributed by atoms with Crippen molar-refractivity contribution in [1.82, 2.24) is 4.98 Å². The summed E-state index contributed by atoms with van der Waals surface area (Å²) in [5, 5.41) is 5.83. The van der Waals surface area contributed by atoms with Crippen molar-refractivity contribution in [2.24, 2.45) is 5.92 Å². The van der Waals surface area contributed by atoms with Crippen LogP contribution in [0.2, 0.25) is 10.0 Å².